The number of rotatable bonds is 5. The average Bonchev–Trinajstić information content (AvgIpc) is 3.08. The molecule has 0 aliphatic carbocycles. The van der Waals surface area contributed by atoms with E-state index in [1.807, 2.05) is 36.4 Å². The highest BCUT2D eigenvalue weighted by Gasteiger charge is 2.09. The summed E-state index contributed by atoms with van der Waals surface area (Å²) >= 11 is 5.20. The molecule has 2 aromatic heterocycles. The first kappa shape index (κ1) is 17.0. The molecule has 8 heteroatoms. The summed E-state index contributed by atoms with van der Waals surface area (Å²) in [6.07, 6.45) is 1.68. The van der Waals surface area contributed by atoms with Crippen LogP contribution in [0.1, 0.15) is 0 Å². The van der Waals surface area contributed by atoms with Crippen molar-refractivity contribution in [2.24, 2.45) is 0 Å². The first-order valence-electron chi connectivity index (χ1n) is 8.15. The molecule has 0 saturated heterocycles. The van der Waals surface area contributed by atoms with Crippen LogP contribution in [0.4, 0.5) is 10.3 Å². The molecule has 0 aliphatic rings. The third kappa shape index (κ3) is 3.90. The van der Waals surface area contributed by atoms with Gasteiger partial charge in [-0.2, -0.15) is 0 Å². The monoisotopic (exact) mass is 379 g/mol. The summed E-state index contributed by atoms with van der Waals surface area (Å²) in [5.41, 5.74) is 2.45. The topological polar surface area (TPSA) is 68.8 Å². The lowest BCUT2D eigenvalue weighted by Crippen LogP contribution is -2.11. The van der Waals surface area contributed by atoms with Gasteiger partial charge in [-0.05, 0) is 42.5 Å². The standard InChI is InChI=1S/C19H14FN5OS/c20-15-8-6-14(7-9-15)17-24-25(19(27)26-17)12-22-18-21-11-10-16(23-18)13-4-2-1-3-5-13/h1-11H,12H2,(H,21,22,23). The van der Waals surface area contributed by atoms with Crippen LogP contribution in [0.5, 0.6) is 0 Å². The van der Waals surface area contributed by atoms with Gasteiger partial charge in [-0.1, -0.05) is 30.3 Å². The zero-order valence-corrected chi connectivity index (χ0v) is 14.9. The molecule has 0 bridgehead atoms. The summed E-state index contributed by atoms with van der Waals surface area (Å²) in [6.45, 7) is 0.238. The van der Waals surface area contributed by atoms with Gasteiger partial charge in [0.15, 0.2) is 0 Å². The zero-order chi connectivity index (χ0) is 18.6. The Morgan fingerprint density at radius 2 is 1.78 bits per heavy atom. The van der Waals surface area contributed by atoms with Crippen molar-refractivity contribution in [3.05, 3.63) is 77.5 Å². The molecule has 27 heavy (non-hydrogen) atoms. The van der Waals surface area contributed by atoms with Crippen molar-refractivity contribution in [1.29, 1.82) is 0 Å². The minimum atomic E-state index is -0.325. The number of hydrogen-bond donors (Lipinski definition) is 1. The molecule has 0 atom stereocenters. The fourth-order valence-corrected chi connectivity index (χ4v) is 2.66. The minimum absolute atomic E-state index is 0.195. The molecule has 0 saturated carbocycles. The molecule has 4 aromatic rings. The molecule has 1 N–H and O–H groups in total. The highest BCUT2D eigenvalue weighted by molar-refractivity contribution is 7.71. The molecule has 0 spiro atoms. The van der Waals surface area contributed by atoms with Crippen LogP contribution in [-0.2, 0) is 6.67 Å². The molecule has 0 fully saturated rings. The molecule has 4 rings (SSSR count). The van der Waals surface area contributed by atoms with Crippen LogP contribution < -0.4 is 5.32 Å². The smallest absolute Gasteiger partial charge is 0.289 e. The molecule has 0 amide bonds. The van der Waals surface area contributed by atoms with Gasteiger partial charge in [-0.15, -0.1) is 5.10 Å². The summed E-state index contributed by atoms with van der Waals surface area (Å²) in [5.74, 6) is 0.444. The predicted molar refractivity (Wildman–Crippen MR) is 102 cm³/mol. The van der Waals surface area contributed by atoms with E-state index in [-0.39, 0.29) is 17.3 Å². The number of nitrogens with one attached hydrogen (secondary N) is 1. The first-order chi connectivity index (χ1) is 13.2. The summed E-state index contributed by atoms with van der Waals surface area (Å²) in [7, 11) is 0. The lowest BCUT2D eigenvalue weighted by atomic mass is 10.1. The van der Waals surface area contributed by atoms with Crippen LogP contribution in [-0.4, -0.2) is 19.7 Å². The largest absolute Gasteiger partial charge is 0.409 e. The van der Waals surface area contributed by atoms with E-state index in [0.29, 0.717) is 17.4 Å². The lowest BCUT2D eigenvalue weighted by Gasteiger charge is -2.06. The van der Waals surface area contributed by atoms with E-state index < -0.39 is 0 Å². The molecule has 0 radical (unpaired) electrons. The predicted octanol–water partition coefficient (Wildman–Crippen LogP) is 4.54. The van der Waals surface area contributed by atoms with Crippen LogP contribution >= 0.6 is 12.2 Å². The van der Waals surface area contributed by atoms with Crippen LogP contribution in [0, 0.1) is 10.7 Å². The van der Waals surface area contributed by atoms with Crippen LogP contribution in [0.15, 0.2) is 71.3 Å². The molecule has 2 heterocycles. The van der Waals surface area contributed by atoms with E-state index in [2.05, 4.69) is 20.4 Å². The third-order valence-electron chi connectivity index (χ3n) is 3.81. The summed E-state index contributed by atoms with van der Waals surface area (Å²) in [6, 6.07) is 17.5. The number of halogens is 1. The number of nitrogens with zero attached hydrogens (tertiary/aromatic N) is 4. The van der Waals surface area contributed by atoms with Crippen molar-refractivity contribution >= 4 is 18.2 Å². The second kappa shape index (κ2) is 7.46. The van der Waals surface area contributed by atoms with Crippen molar-refractivity contribution < 1.29 is 8.81 Å². The van der Waals surface area contributed by atoms with Gasteiger partial charge in [0.1, 0.15) is 12.5 Å². The first-order valence-corrected chi connectivity index (χ1v) is 8.56. The normalized spacial score (nSPS) is 10.7. The Bertz CT molecular complexity index is 1110. The Labute approximate surface area is 159 Å². The van der Waals surface area contributed by atoms with Gasteiger partial charge in [-0.3, -0.25) is 0 Å². The molecule has 134 valence electrons. The molecular formula is C19H14FN5OS. The lowest BCUT2D eigenvalue weighted by molar-refractivity contribution is 0.521. The molecule has 0 unspecified atom stereocenters. The Hall–Kier alpha value is -3.39. The van der Waals surface area contributed by atoms with Gasteiger partial charge in [-0.25, -0.2) is 19.0 Å². The Balaban J connectivity index is 1.51. The quantitative estimate of drug-likeness (QED) is 0.514. The van der Waals surface area contributed by atoms with Crippen molar-refractivity contribution in [1.82, 2.24) is 19.7 Å². The van der Waals surface area contributed by atoms with Gasteiger partial charge < -0.3 is 9.73 Å². The Kier molecular flexibility index (Phi) is 4.71. The summed E-state index contributed by atoms with van der Waals surface area (Å²) < 4.78 is 20.0. The maximum Gasteiger partial charge on any atom is 0.289 e. The maximum absolute atomic E-state index is 13.0. The van der Waals surface area contributed by atoms with Gasteiger partial charge >= 0.3 is 0 Å². The number of aromatic nitrogens is 4. The SMILES string of the molecule is Fc1ccc(-c2nn(CNc3nccc(-c4ccccc4)n3)c(=S)o2)cc1. The minimum Gasteiger partial charge on any atom is -0.409 e. The Morgan fingerprint density at radius 1 is 1.00 bits per heavy atom. The van der Waals surface area contributed by atoms with E-state index in [9.17, 15) is 4.39 Å². The highest BCUT2D eigenvalue weighted by Crippen LogP contribution is 2.19. The van der Waals surface area contributed by atoms with E-state index in [1.165, 1.54) is 16.8 Å². The van der Waals surface area contributed by atoms with Gasteiger partial charge in [0.2, 0.25) is 11.8 Å². The zero-order valence-electron chi connectivity index (χ0n) is 14.0. The van der Waals surface area contributed by atoms with Crippen LogP contribution in [0.25, 0.3) is 22.7 Å². The van der Waals surface area contributed by atoms with Crippen LogP contribution in [0.3, 0.4) is 0 Å². The number of anilines is 1. The van der Waals surface area contributed by atoms with Crippen LogP contribution in [0.2, 0.25) is 0 Å². The third-order valence-corrected chi connectivity index (χ3v) is 4.10. The van der Waals surface area contributed by atoms with Crippen molar-refractivity contribution in [3.8, 4) is 22.7 Å². The van der Waals surface area contributed by atoms with Crippen molar-refractivity contribution in [2.75, 3.05) is 5.32 Å². The molecule has 2 aromatic carbocycles. The molecular weight excluding hydrogens is 365 g/mol. The van der Waals surface area contributed by atoms with E-state index in [0.717, 1.165) is 11.3 Å². The summed E-state index contributed by atoms with van der Waals surface area (Å²) in [4.78, 5) is 8.90. The fourth-order valence-electron chi connectivity index (χ4n) is 2.47. The maximum atomic E-state index is 13.0. The Morgan fingerprint density at radius 3 is 2.56 bits per heavy atom. The number of hydrogen-bond acceptors (Lipinski definition) is 6. The highest BCUT2D eigenvalue weighted by atomic mass is 32.1. The second-order valence-corrected chi connectivity index (χ2v) is 6.00. The van der Waals surface area contributed by atoms with Crippen molar-refractivity contribution in [3.63, 3.8) is 0 Å². The molecule has 6 nitrogen and oxygen atoms in total. The van der Waals surface area contributed by atoms with Gasteiger partial charge in [0.25, 0.3) is 4.84 Å². The average molecular weight is 379 g/mol. The molecule has 0 aliphatic heterocycles. The fraction of sp³-hybridized carbons (Fsp3) is 0.0526. The number of benzene rings is 2. The summed E-state index contributed by atoms with van der Waals surface area (Å²) in [5, 5.41) is 7.39. The van der Waals surface area contributed by atoms with E-state index >= 15 is 0 Å². The van der Waals surface area contributed by atoms with E-state index in [1.54, 1.807) is 18.3 Å². The van der Waals surface area contributed by atoms with Gasteiger partial charge in [0, 0.05) is 17.3 Å². The van der Waals surface area contributed by atoms with Gasteiger partial charge in [0.05, 0.1) is 5.69 Å². The van der Waals surface area contributed by atoms with Crippen molar-refractivity contribution in [2.45, 2.75) is 6.67 Å². The van der Waals surface area contributed by atoms with E-state index in [4.69, 9.17) is 16.6 Å². The second-order valence-electron chi connectivity index (χ2n) is 5.65.